The molecule has 2 nitrogen and oxygen atoms in total. The molecular formula is C24H42N2Si. The van der Waals surface area contributed by atoms with Crippen LogP contribution in [0.2, 0.25) is 25.7 Å². The van der Waals surface area contributed by atoms with Gasteiger partial charge in [0.1, 0.15) is 0 Å². The fraction of sp³-hybridized carbons (Fsp3) is 0.708. The van der Waals surface area contributed by atoms with E-state index in [1.54, 1.807) is 0 Å². The monoisotopic (exact) mass is 386 g/mol. The van der Waals surface area contributed by atoms with Crippen molar-refractivity contribution in [2.75, 3.05) is 11.9 Å². The highest BCUT2D eigenvalue weighted by Crippen LogP contribution is 2.16. The molecule has 0 heterocycles. The van der Waals surface area contributed by atoms with Gasteiger partial charge in [0.05, 0.1) is 11.6 Å². The lowest BCUT2D eigenvalue weighted by Crippen LogP contribution is -2.18. The lowest BCUT2D eigenvalue weighted by Gasteiger charge is -2.14. The Kier molecular flexibility index (Phi) is 13.0. The Bertz CT molecular complexity index is 511. The van der Waals surface area contributed by atoms with Crippen LogP contribution in [0, 0.1) is 11.3 Å². The van der Waals surface area contributed by atoms with Crippen LogP contribution in [0.3, 0.4) is 0 Å². The second kappa shape index (κ2) is 14.7. The normalized spacial score (nSPS) is 11.3. The van der Waals surface area contributed by atoms with Gasteiger partial charge >= 0.3 is 0 Å². The summed E-state index contributed by atoms with van der Waals surface area (Å²) in [5, 5.41) is 12.2. The molecule has 0 saturated heterocycles. The first-order valence-corrected chi connectivity index (χ1v) is 15.0. The minimum absolute atomic E-state index is 0.725. The second-order valence-corrected chi connectivity index (χ2v) is 14.8. The van der Waals surface area contributed by atoms with Crippen molar-refractivity contribution < 1.29 is 0 Å². The first kappa shape index (κ1) is 23.8. The first-order chi connectivity index (χ1) is 13.0. The number of unbranched alkanes of at least 4 members (excludes halogenated alkanes) is 11. The standard InChI is InChI=1S/C24H42N2Si/c1-27(2,3)21-15-13-11-9-7-5-4-6-8-10-12-14-20-26-24-18-16-23(22-25)17-19-24/h16-19,26H,4-15,20-21H2,1-3H3. The lowest BCUT2D eigenvalue weighted by molar-refractivity contribution is 0.546. The summed E-state index contributed by atoms with van der Waals surface area (Å²) in [6.07, 6.45) is 16.9. The van der Waals surface area contributed by atoms with Gasteiger partial charge in [0, 0.05) is 20.3 Å². The molecule has 0 aromatic heterocycles. The van der Waals surface area contributed by atoms with E-state index in [-0.39, 0.29) is 0 Å². The van der Waals surface area contributed by atoms with E-state index in [4.69, 9.17) is 5.26 Å². The van der Waals surface area contributed by atoms with Gasteiger partial charge in [0.15, 0.2) is 0 Å². The van der Waals surface area contributed by atoms with Crippen LogP contribution < -0.4 is 5.32 Å². The molecule has 0 atom stereocenters. The molecule has 1 N–H and O–H groups in total. The summed E-state index contributed by atoms with van der Waals surface area (Å²) in [7, 11) is -0.795. The summed E-state index contributed by atoms with van der Waals surface area (Å²) < 4.78 is 0. The molecule has 152 valence electrons. The lowest BCUT2D eigenvalue weighted by atomic mass is 10.1. The fourth-order valence-corrected chi connectivity index (χ4v) is 4.75. The van der Waals surface area contributed by atoms with Crippen LogP contribution in [0.25, 0.3) is 0 Å². The zero-order valence-electron chi connectivity index (χ0n) is 18.2. The van der Waals surface area contributed by atoms with Crippen molar-refractivity contribution in [3.63, 3.8) is 0 Å². The van der Waals surface area contributed by atoms with Gasteiger partial charge in [-0.1, -0.05) is 96.3 Å². The molecule has 0 unspecified atom stereocenters. The van der Waals surface area contributed by atoms with Gasteiger partial charge in [-0.05, 0) is 30.7 Å². The summed E-state index contributed by atoms with van der Waals surface area (Å²) in [6, 6.07) is 11.4. The Morgan fingerprint density at radius 2 is 1.15 bits per heavy atom. The van der Waals surface area contributed by atoms with Crippen molar-refractivity contribution in [1.82, 2.24) is 0 Å². The Morgan fingerprint density at radius 3 is 1.59 bits per heavy atom. The molecule has 27 heavy (non-hydrogen) atoms. The van der Waals surface area contributed by atoms with Gasteiger partial charge in [0.25, 0.3) is 0 Å². The van der Waals surface area contributed by atoms with Gasteiger partial charge in [0.2, 0.25) is 0 Å². The summed E-state index contributed by atoms with van der Waals surface area (Å²) >= 11 is 0. The SMILES string of the molecule is C[Si](C)(C)CCCCCCCCCCCCCCNc1ccc(C#N)cc1. The van der Waals surface area contributed by atoms with E-state index in [1.807, 2.05) is 24.3 Å². The van der Waals surface area contributed by atoms with Crippen LogP contribution in [-0.2, 0) is 0 Å². The predicted molar refractivity (Wildman–Crippen MR) is 123 cm³/mol. The number of anilines is 1. The van der Waals surface area contributed by atoms with Crippen LogP contribution >= 0.6 is 0 Å². The summed E-state index contributed by atoms with van der Waals surface area (Å²) in [5.74, 6) is 0. The van der Waals surface area contributed by atoms with Gasteiger partial charge in [-0.2, -0.15) is 5.26 Å². The zero-order valence-corrected chi connectivity index (χ0v) is 19.2. The van der Waals surface area contributed by atoms with Crippen LogP contribution in [0.4, 0.5) is 5.69 Å². The quantitative estimate of drug-likeness (QED) is 0.231. The zero-order chi connectivity index (χ0) is 19.8. The van der Waals surface area contributed by atoms with Crippen LogP contribution in [0.1, 0.15) is 82.6 Å². The Morgan fingerprint density at radius 1 is 0.704 bits per heavy atom. The molecule has 0 aliphatic carbocycles. The number of nitriles is 1. The first-order valence-electron chi connectivity index (χ1n) is 11.3. The van der Waals surface area contributed by atoms with Crippen molar-refractivity contribution in [1.29, 1.82) is 5.26 Å². The van der Waals surface area contributed by atoms with E-state index >= 15 is 0 Å². The van der Waals surface area contributed by atoms with E-state index in [1.165, 1.54) is 83.1 Å². The molecule has 0 fully saturated rings. The molecule has 0 radical (unpaired) electrons. The highest BCUT2D eigenvalue weighted by atomic mass is 28.3. The number of hydrogen-bond donors (Lipinski definition) is 1. The average molecular weight is 387 g/mol. The Labute approximate surface area is 169 Å². The number of nitrogens with one attached hydrogen (secondary N) is 1. The molecule has 0 bridgehead atoms. The third-order valence-corrected chi connectivity index (χ3v) is 7.05. The minimum Gasteiger partial charge on any atom is -0.385 e. The Balaban J connectivity index is 1.79. The van der Waals surface area contributed by atoms with Crippen LogP contribution in [0.5, 0.6) is 0 Å². The Hall–Kier alpha value is -1.27. The third-order valence-electron chi connectivity index (χ3n) is 5.20. The number of hydrogen-bond acceptors (Lipinski definition) is 2. The summed E-state index contributed by atoms with van der Waals surface area (Å²) in [4.78, 5) is 0. The minimum atomic E-state index is -0.795. The molecule has 3 heteroatoms. The molecule has 1 aromatic rings. The molecule has 0 aliphatic rings. The fourth-order valence-electron chi connectivity index (χ4n) is 3.44. The van der Waals surface area contributed by atoms with Crippen molar-refractivity contribution in [3.05, 3.63) is 29.8 Å². The van der Waals surface area contributed by atoms with E-state index in [0.717, 1.165) is 17.8 Å². The number of rotatable bonds is 16. The highest BCUT2D eigenvalue weighted by Gasteiger charge is 2.11. The molecule has 1 rings (SSSR count). The van der Waals surface area contributed by atoms with Crippen molar-refractivity contribution >= 4 is 13.8 Å². The maximum absolute atomic E-state index is 8.79. The molecular weight excluding hydrogens is 344 g/mol. The maximum atomic E-state index is 8.79. The second-order valence-electron chi connectivity index (χ2n) is 9.17. The molecule has 0 amide bonds. The molecule has 0 spiro atoms. The maximum Gasteiger partial charge on any atom is 0.0991 e. The van der Waals surface area contributed by atoms with E-state index in [2.05, 4.69) is 31.0 Å². The average Bonchev–Trinajstić information content (AvgIpc) is 2.64. The van der Waals surface area contributed by atoms with E-state index in [9.17, 15) is 0 Å². The highest BCUT2D eigenvalue weighted by molar-refractivity contribution is 6.76. The van der Waals surface area contributed by atoms with Gasteiger partial charge in [-0.25, -0.2) is 0 Å². The van der Waals surface area contributed by atoms with E-state index in [0.29, 0.717) is 0 Å². The van der Waals surface area contributed by atoms with E-state index < -0.39 is 8.07 Å². The van der Waals surface area contributed by atoms with Gasteiger partial charge in [-0.15, -0.1) is 0 Å². The van der Waals surface area contributed by atoms with Crippen molar-refractivity contribution in [2.45, 2.75) is 103 Å². The smallest absolute Gasteiger partial charge is 0.0991 e. The van der Waals surface area contributed by atoms with Crippen LogP contribution in [-0.4, -0.2) is 14.6 Å². The van der Waals surface area contributed by atoms with Crippen molar-refractivity contribution in [2.24, 2.45) is 0 Å². The van der Waals surface area contributed by atoms with Gasteiger partial charge in [-0.3, -0.25) is 0 Å². The van der Waals surface area contributed by atoms with Crippen molar-refractivity contribution in [3.8, 4) is 6.07 Å². The summed E-state index contributed by atoms with van der Waals surface area (Å²) in [6.45, 7) is 8.49. The number of nitrogens with zero attached hydrogens (tertiary/aromatic N) is 1. The molecule has 1 aromatic carbocycles. The topological polar surface area (TPSA) is 35.8 Å². The van der Waals surface area contributed by atoms with Crippen LogP contribution in [0.15, 0.2) is 24.3 Å². The summed E-state index contributed by atoms with van der Waals surface area (Å²) in [5.41, 5.74) is 1.84. The van der Waals surface area contributed by atoms with Gasteiger partial charge < -0.3 is 5.32 Å². The molecule has 0 saturated carbocycles. The molecule has 0 aliphatic heterocycles. The largest absolute Gasteiger partial charge is 0.385 e. The third kappa shape index (κ3) is 14.5. The number of benzene rings is 1. The predicted octanol–water partition coefficient (Wildman–Crippen LogP) is 7.99.